The minimum atomic E-state index is -0.675. The van der Waals surface area contributed by atoms with Gasteiger partial charge >= 0.3 is 0 Å². The minimum absolute atomic E-state index is 0.270. The molecule has 2 rings (SSSR count). The van der Waals surface area contributed by atoms with Gasteiger partial charge in [0.1, 0.15) is 11.5 Å². The van der Waals surface area contributed by atoms with E-state index in [9.17, 15) is 4.79 Å². The maximum atomic E-state index is 12.2. The van der Waals surface area contributed by atoms with Gasteiger partial charge in [-0.2, -0.15) is 0 Å². The van der Waals surface area contributed by atoms with Crippen LogP contribution in [0.4, 0.5) is 5.69 Å². The van der Waals surface area contributed by atoms with Gasteiger partial charge in [0, 0.05) is 5.69 Å². The van der Waals surface area contributed by atoms with Crippen LogP contribution in [0.5, 0.6) is 11.5 Å². The number of hydrazine groups is 1. The molecule has 0 unspecified atom stereocenters. The van der Waals surface area contributed by atoms with Crippen LogP contribution < -0.4 is 25.6 Å². The number of carbonyl (C=O) groups is 1. The molecule has 27 heavy (non-hydrogen) atoms. The fourth-order valence-corrected chi connectivity index (χ4v) is 2.45. The van der Waals surface area contributed by atoms with Crippen molar-refractivity contribution in [3.8, 4) is 11.5 Å². The van der Waals surface area contributed by atoms with Gasteiger partial charge < -0.3 is 14.8 Å². The van der Waals surface area contributed by atoms with Crippen LogP contribution in [0, 0.1) is 13.8 Å². The van der Waals surface area contributed by atoms with E-state index < -0.39 is 6.10 Å². The Balaban J connectivity index is 1.81. The molecule has 0 saturated heterocycles. The first-order valence-electron chi connectivity index (χ1n) is 8.73. The summed E-state index contributed by atoms with van der Waals surface area (Å²) in [5.41, 5.74) is 8.12. The van der Waals surface area contributed by atoms with E-state index in [1.165, 1.54) is 0 Å². The Kier molecular flexibility index (Phi) is 7.43. The Bertz CT molecular complexity index is 794. The van der Waals surface area contributed by atoms with Gasteiger partial charge in [0.2, 0.25) is 0 Å². The number of aryl methyl sites for hydroxylation is 1. The standard InChI is InChI=1S/C20H25N3O3S/c1-5-25-17-11-9-16(10-12-17)21-20(27)23-22-19(24)15(4)26-18-8-6-7-13(2)14(18)3/h6-12,15H,5H2,1-4H3,(H,22,24)(H2,21,23,27)/t15-/m1/s1. The minimum Gasteiger partial charge on any atom is -0.494 e. The number of rotatable bonds is 6. The van der Waals surface area contributed by atoms with Crippen LogP contribution >= 0.6 is 12.2 Å². The van der Waals surface area contributed by atoms with Gasteiger partial charge in [-0.15, -0.1) is 0 Å². The Morgan fingerprint density at radius 3 is 2.48 bits per heavy atom. The number of anilines is 1. The molecule has 144 valence electrons. The van der Waals surface area contributed by atoms with Crippen LogP contribution in [0.25, 0.3) is 0 Å². The molecule has 0 aliphatic heterocycles. The molecule has 0 bridgehead atoms. The first-order chi connectivity index (χ1) is 12.9. The molecular weight excluding hydrogens is 362 g/mol. The molecule has 0 spiro atoms. The maximum absolute atomic E-state index is 12.2. The van der Waals surface area contributed by atoms with Gasteiger partial charge in [0.05, 0.1) is 6.61 Å². The Morgan fingerprint density at radius 1 is 1.11 bits per heavy atom. The van der Waals surface area contributed by atoms with Crippen LogP contribution in [-0.2, 0) is 4.79 Å². The summed E-state index contributed by atoms with van der Waals surface area (Å²) in [6.07, 6.45) is -0.675. The Morgan fingerprint density at radius 2 is 1.81 bits per heavy atom. The molecule has 6 nitrogen and oxygen atoms in total. The van der Waals surface area contributed by atoms with E-state index in [0.717, 1.165) is 22.6 Å². The first kappa shape index (κ1) is 20.5. The van der Waals surface area contributed by atoms with E-state index in [0.29, 0.717) is 12.4 Å². The summed E-state index contributed by atoms with van der Waals surface area (Å²) in [7, 11) is 0. The second kappa shape index (κ2) is 9.78. The third kappa shape index (κ3) is 6.14. The Hall–Kier alpha value is -2.80. The van der Waals surface area contributed by atoms with Crippen molar-refractivity contribution in [2.75, 3.05) is 11.9 Å². The van der Waals surface area contributed by atoms with Crippen LogP contribution in [0.15, 0.2) is 42.5 Å². The quantitative estimate of drug-likeness (QED) is 0.521. The van der Waals surface area contributed by atoms with Crippen molar-refractivity contribution in [2.24, 2.45) is 0 Å². The monoisotopic (exact) mass is 387 g/mol. The highest BCUT2D eigenvalue weighted by Gasteiger charge is 2.16. The number of hydrogen-bond donors (Lipinski definition) is 3. The molecule has 3 N–H and O–H groups in total. The zero-order valence-corrected chi connectivity index (χ0v) is 16.8. The van der Waals surface area contributed by atoms with E-state index in [4.69, 9.17) is 21.7 Å². The number of amides is 1. The van der Waals surface area contributed by atoms with Gasteiger partial charge in [0.25, 0.3) is 5.91 Å². The van der Waals surface area contributed by atoms with Crippen molar-refractivity contribution < 1.29 is 14.3 Å². The van der Waals surface area contributed by atoms with E-state index in [1.54, 1.807) is 6.92 Å². The zero-order chi connectivity index (χ0) is 19.8. The molecule has 1 atom stereocenters. The van der Waals surface area contributed by atoms with Crippen LogP contribution in [-0.4, -0.2) is 23.7 Å². The second-order valence-electron chi connectivity index (χ2n) is 5.98. The fourth-order valence-electron chi connectivity index (χ4n) is 2.28. The summed E-state index contributed by atoms with van der Waals surface area (Å²) in [6.45, 7) is 8.19. The third-order valence-electron chi connectivity index (χ3n) is 3.95. The van der Waals surface area contributed by atoms with Crippen LogP contribution in [0.1, 0.15) is 25.0 Å². The lowest BCUT2D eigenvalue weighted by Crippen LogP contribution is -2.48. The normalized spacial score (nSPS) is 11.3. The molecule has 2 aromatic carbocycles. The maximum Gasteiger partial charge on any atom is 0.279 e. The second-order valence-corrected chi connectivity index (χ2v) is 6.39. The molecule has 0 aliphatic carbocycles. The summed E-state index contributed by atoms with van der Waals surface area (Å²) in [5, 5.41) is 3.25. The van der Waals surface area contributed by atoms with Gasteiger partial charge in [0.15, 0.2) is 11.2 Å². The lowest BCUT2D eigenvalue weighted by molar-refractivity contribution is -0.127. The predicted molar refractivity (Wildman–Crippen MR) is 111 cm³/mol. The molecule has 0 heterocycles. The number of benzene rings is 2. The molecule has 7 heteroatoms. The molecule has 0 fully saturated rings. The molecule has 0 radical (unpaired) electrons. The fraction of sp³-hybridized carbons (Fsp3) is 0.300. The first-order valence-corrected chi connectivity index (χ1v) is 9.14. The lowest BCUT2D eigenvalue weighted by Gasteiger charge is -2.18. The average molecular weight is 388 g/mol. The molecule has 0 saturated carbocycles. The summed E-state index contributed by atoms with van der Waals surface area (Å²) < 4.78 is 11.1. The van der Waals surface area contributed by atoms with Gasteiger partial charge in [-0.1, -0.05) is 12.1 Å². The van der Waals surface area contributed by atoms with Gasteiger partial charge in [-0.05, 0) is 81.4 Å². The van der Waals surface area contributed by atoms with Crippen LogP contribution in [0.3, 0.4) is 0 Å². The third-order valence-corrected chi connectivity index (χ3v) is 4.15. The van der Waals surface area contributed by atoms with Crippen molar-refractivity contribution in [1.82, 2.24) is 10.9 Å². The highest BCUT2D eigenvalue weighted by atomic mass is 32.1. The lowest BCUT2D eigenvalue weighted by atomic mass is 10.1. The predicted octanol–water partition coefficient (Wildman–Crippen LogP) is 3.49. The smallest absolute Gasteiger partial charge is 0.279 e. The molecule has 0 aliphatic rings. The van der Waals surface area contributed by atoms with E-state index in [1.807, 2.05) is 63.2 Å². The summed E-state index contributed by atoms with van der Waals surface area (Å²) in [4.78, 5) is 12.2. The molecule has 1 amide bonds. The van der Waals surface area contributed by atoms with Crippen molar-refractivity contribution >= 4 is 28.9 Å². The van der Waals surface area contributed by atoms with Gasteiger partial charge in [-0.3, -0.25) is 15.6 Å². The number of nitrogens with one attached hydrogen (secondary N) is 3. The van der Waals surface area contributed by atoms with E-state index in [2.05, 4.69) is 16.2 Å². The molecular formula is C20H25N3O3S. The Labute approximate surface area is 165 Å². The molecule has 2 aromatic rings. The number of hydrogen-bond acceptors (Lipinski definition) is 4. The van der Waals surface area contributed by atoms with Crippen molar-refractivity contribution in [3.63, 3.8) is 0 Å². The number of carbonyl (C=O) groups excluding carboxylic acids is 1. The summed E-state index contributed by atoms with van der Waals surface area (Å²) >= 11 is 5.18. The van der Waals surface area contributed by atoms with Crippen LogP contribution in [0.2, 0.25) is 0 Å². The summed E-state index contributed by atoms with van der Waals surface area (Å²) in [5.74, 6) is 1.15. The van der Waals surface area contributed by atoms with Crippen molar-refractivity contribution in [1.29, 1.82) is 0 Å². The topological polar surface area (TPSA) is 71.6 Å². The number of thiocarbonyl (C=S) groups is 1. The highest BCUT2D eigenvalue weighted by molar-refractivity contribution is 7.80. The van der Waals surface area contributed by atoms with Crippen molar-refractivity contribution in [3.05, 3.63) is 53.6 Å². The zero-order valence-electron chi connectivity index (χ0n) is 16.0. The highest BCUT2D eigenvalue weighted by Crippen LogP contribution is 2.21. The summed E-state index contributed by atoms with van der Waals surface area (Å²) in [6, 6.07) is 13.1. The number of ether oxygens (including phenoxy) is 2. The SMILES string of the molecule is CCOc1ccc(NC(=S)NNC(=O)[C@@H](C)Oc2cccc(C)c2C)cc1. The van der Waals surface area contributed by atoms with Crippen molar-refractivity contribution in [2.45, 2.75) is 33.8 Å². The largest absolute Gasteiger partial charge is 0.494 e. The molecule has 0 aromatic heterocycles. The van der Waals surface area contributed by atoms with Gasteiger partial charge in [-0.25, -0.2) is 0 Å². The van der Waals surface area contributed by atoms with E-state index >= 15 is 0 Å². The van der Waals surface area contributed by atoms with E-state index in [-0.39, 0.29) is 11.0 Å². The average Bonchev–Trinajstić information content (AvgIpc) is 2.65.